The molecule has 0 aliphatic heterocycles. The lowest BCUT2D eigenvalue weighted by molar-refractivity contribution is 0.411. The second-order valence-electron chi connectivity index (χ2n) is 4.61. The van der Waals surface area contributed by atoms with Crippen molar-refractivity contribution in [2.45, 2.75) is 19.9 Å². The van der Waals surface area contributed by atoms with Gasteiger partial charge in [-0.3, -0.25) is 0 Å². The molecule has 1 N–H and O–H groups in total. The summed E-state index contributed by atoms with van der Waals surface area (Å²) in [7, 11) is 3.40. The monoisotopic (exact) mass is 291 g/mol. The first kappa shape index (κ1) is 14.9. The molecule has 1 heterocycles. The van der Waals surface area contributed by atoms with Crippen molar-refractivity contribution >= 4 is 11.3 Å². The van der Waals surface area contributed by atoms with Crippen LogP contribution in [0.2, 0.25) is 0 Å². The van der Waals surface area contributed by atoms with Crippen LogP contribution in [0.3, 0.4) is 0 Å². The Bertz CT molecular complexity index is 565. The van der Waals surface area contributed by atoms with Gasteiger partial charge in [-0.2, -0.15) is 0 Å². The maximum Gasteiger partial charge on any atom is 0.129 e. The van der Waals surface area contributed by atoms with E-state index in [1.807, 2.05) is 11.4 Å². The second-order valence-corrected chi connectivity index (χ2v) is 5.55. The number of hydrogen-bond donors (Lipinski definition) is 1. The molecular weight excluding hydrogens is 270 g/mol. The summed E-state index contributed by atoms with van der Waals surface area (Å²) >= 11 is 1.71. The molecule has 1 unspecified atom stereocenters. The van der Waals surface area contributed by atoms with Crippen LogP contribution < -0.4 is 14.8 Å². The summed E-state index contributed by atoms with van der Waals surface area (Å²) < 4.78 is 10.6. The van der Waals surface area contributed by atoms with Crippen LogP contribution in [-0.2, 0) is 0 Å². The molecule has 0 bridgehead atoms. The number of rotatable bonds is 6. The molecule has 2 aromatic rings. The Kier molecular flexibility index (Phi) is 5.04. The fraction of sp³-hybridized carbons (Fsp3) is 0.375. The van der Waals surface area contributed by atoms with Crippen LogP contribution in [0, 0.1) is 6.92 Å². The zero-order chi connectivity index (χ0) is 14.5. The Balaban J connectivity index is 2.34. The van der Waals surface area contributed by atoms with E-state index in [9.17, 15) is 0 Å². The van der Waals surface area contributed by atoms with Gasteiger partial charge in [0.15, 0.2) is 0 Å². The van der Waals surface area contributed by atoms with Gasteiger partial charge in [0.1, 0.15) is 11.5 Å². The lowest BCUT2D eigenvalue weighted by Gasteiger charge is -2.18. The lowest BCUT2D eigenvalue weighted by Crippen LogP contribution is -2.21. The van der Waals surface area contributed by atoms with Crippen molar-refractivity contribution < 1.29 is 9.47 Å². The first-order valence-corrected chi connectivity index (χ1v) is 7.57. The van der Waals surface area contributed by atoms with Crippen LogP contribution in [0.1, 0.15) is 29.0 Å². The average molecular weight is 291 g/mol. The fourth-order valence-electron chi connectivity index (χ4n) is 2.26. The molecule has 108 valence electrons. The molecule has 0 saturated carbocycles. The van der Waals surface area contributed by atoms with Gasteiger partial charge in [-0.15, -0.1) is 11.3 Å². The third-order valence-electron chi connectivity index (χ3n) is 3.28. The van der Waals surface area contributed by atoms with E-state index in [-0.39, 0.29) is 6.04 Å². The van der Waals surface area contributed by atoms with Crippen LogP contribution in [-0.4, -0.2) is 20.8 Å². The SMILES string of the molecule is CCNC(c1ccc(OC)c(C)c1)c1cc(OC)cs1. The van der Waals surface area contributed by atoms with E-state index in [1.54, 1.807) is 25.6 Å². The van der Waals surface area contributed by atoms with Crippen LogP contribution in [0.15, 0.2) is 29.6 Å². The number of nitrogens with one attached hydrogen (secondary N) is 1. The molecule has 1 atom stereocenters. The Morgan fingerprint density at radius 1 is 1.20 bits per heavy atom. The first-order valence-electron chi connectivity index (χ1n) is 6.70. The second kappa shape index (κ2) is 6.77. The Morgan fingerprint density at radius 3 is 2.55 bits per heavy atom. The van der Waals surface area contributed by atoms with Gasteiger partial charge in [-0.05, 0) is 36.7 Å². The zero-order valence-electron chi connectivity index (χ0n) is 12.4. The molecule has 0 aliphatic carbocycles. The van der Waals surface area contributed by atoms with E-state index < -0.39 is 0 Å². The Hall–Kier alpha value is -1.52. The van der Waals surface area contributed by atoms with Crippen molar-refractivity contribution in [2.24, 2.45) is 0 Å². The number of benzene rings is 1. The number of ether oxygens (including phenoxy) is 2. The summed E-state index contributed by atoms with van der Waals surface area (Å²) in [5.41, 5.74) is 2.39. The minimum Gasteiger partial charge on any atom is -0.496 e. The molecule has 0 saturated heterocycles. The van der Waals surface area contributed by atoms with E-state index in [1.165, 1.54) is 10.4 Å². The summed E-state index contributed by atoms with van der Waals surface area (Å²) in [5.74, 6) is 1.84. The molecule has 0 radical (unpaired) electrons. The summed E-state index contributed by atoms with van der Waals surface area (Å²) in [6.07, 6.45) is 0. The van der Waals surface area contributed by atoms with E-state index in [0.29, 0.717) is 0 Å². The minimum absolute atomic E-state index is 0.193. The standard InChI is InChI=1S/C16H21NO2S/c1-5-17-16(15-9-13(18-3)10-20-15)12-6-7-14(19-4)11(2)8-12/h6-10,16-17H,5H2,1-4H3. The van der Waals surface area contributed by atoms with Crippen molar-refractivity contribution in [3.63, 3.8) is 0 Å². The molecule has 0 spiro atoms. The average Bonchev–Trinajstić information content (AvgIpc) is 2.93. The number of methoxy groups -OCH3 is 2. The van der Waals surface area contributed by atoms with E-state index in [4.69, 9.17) is 9.47 Å². The predicted octanol–water partition coefficient (Wildman–Crippen LogP) is 3.77. The summed E-state index contributed by atoms with van der Waals surface area (Å²) in [5, 5.41) is 5.57. The van der Waals surface area contributed by atoms with E-state index in [2.05, 4.69) is 37.4 Å². The maximum atomic E-state index is 5.33. The van der Waals surface area contributed by atoms with Gasteiger partial charge in [0.25, 0.3) is 0 Å². The van der Waals surface area contributed by atoms with Crippen molar-refractivity contribution in [1.29, 1.82) is 0 Å². The number of aryl methyl sites for hydroxylation is 1. The van der Waals surface area contributed by atoms with Gasteiger partial charge in [0.05, 0.1) is 20.3 Å². The Labute approximate surface area is 124 Å². The molecule has 3 nitrogen and oxygen atoms in total. The van der Waals surface area contributed by atoms with Crippen molar-refractivity contribution in [3.05, 3.63) is 45.6 Å². The summed E-state index contributed by atoms with van der Waals surface area (Å²) in [4.78, 5) is 1.26. The summed E-state index contributed by atoms with van der Waals surface area (Å²) in [6, 6.07) is 8.61. The highest BCUT2D eigenvalue weighted by molar-refractivity contribution is 7.10. The molecule has 4 heteroatoms. The van der Waals surface area contributed by atoms with E-state index >= 15 is 0 Å². The molecule has 1 aromatic heterocycles. The largest absolute Gasteiger partial charge is 0.496 e. The zero-order valence-corrected chi connectivity index (χ0v) is 13.2. The third kappa shape index (κ3) is 3.14. The quantitative estimate of drug-likeness (QED) is 0.878. The normalized spacial score (nSPS) is 12.2. The predicted molar refractivity (Wildman–Crippen MR) is 84.1 cm³/mol. The highest BCUT2D eigenvalue weighted by Gasteiger charge is 2.16. The van der Waals surface area contributed by atoms with Crippen molar-refractivity contribution in [1.82, 2.24) is 5.32 Å². The number of thiophene rings is 1. The maximum absolute atomic E-state index is 5.33. The molecule has 0 amide bonds. The highest BCUT2D eigenvalue weighted by atomic mass is 32.1. The molecule has 20 heavy (non-hydrogen) atoms. The minimum atomic E-state index is 0.193. The van der Waals surface area contributed by atoms with Crippen LogP contribution in [0.4, 0.5) is 0 Å². The summed E-state index contributed by atoms with van der Waals surface area (Å²) in [6.45, 7) is 5.10. The van der Waals surface area contributed by atoms with Gasteiger partial charge < -0.3 is 14.8 Å². The fourth-order valence-corrected chi connectivity index (χ4v) is 3.22. The molecule has 1 aromatic carbocycles. The van der Waals surface area contributed by atoms with Gasteiger partial charge in [-0.25, -0.2) is 0 Å². The Morgan fingerprint density at radius 2 is 2.00 bits per heavy atom. The molecule has 0 aliphatic rings. The van der Waals surface area contributed by atoms with Crippen molar-refractivity contribution in [3.8, 4) is 11.5 Å². The molecular formula is C16H21NO2S. The lowest BCUT2D eigenvalue weighted by atomic mass is 10.0. The first-order chi connectivity index (χ1) is 9.69. The number of hydrogen-bond acceptors (Lipinski definition) is 4. The van der Waals surface area contributed by atoms with Crippen LogP contribution in [0.25, 0.3) is 0 Å². The van der Waals surface area contributed by atoms with Gasteiger partial charge >= 0.3 is 0 Å². The van der Waals surface area contributed by atoms with Gasteiger partial charge in [0, 0.05) is 10.3 Å². The van der Waals surface area contributed by atoms with Crippen molar-refractivity contribution in [2.75, 3.05) is 20.8 Å². The van der Waals surface area contributed by atoms with Gasteiger partial charge in [-0.1, -0.05) is 19.1 Å². The van der Waals surface area contributed by atoms with Crippen LogP contribution >= 0.6 is 11.3 Å². The van der Waals surface area contributed by atoms with Gasteiger partial charge in [0.2, 0.25) is 0 Å². The topological polar surface area (TPSA) is 30.5 Å². The molecule has 2 rings (SSSR count). The molecule has 0 fully saturated rings. The van der Waals surface area contributed by atoms with E-state index in [0.717, 1.165) is 23.6 Å². The highest BCUT2D eigenvalue weighted by Crippen LogP contribution is 2.32. The third-order valence-corrected chi connectivity index (χ3v) is 4.25. The van der Waals surface area contributed by atoms with Crippen LogP contribution in [0.5, 0.6) is 11.5 Å². The smallest absolute Gasteiger partial charge is 0.129 e.